The van der Waals surface area contributed by atoms with Crippen molar-refractivity contribution in [3.05, 3.63) is 118 Å². The monoisotopic (exact) mass is 567 g/mol. The maximum atomic E-state index is 13.9. The molecule has 0 saturated carbocycles. The lowest BCUT2D eigenvalue weighted by Crippen LogP contribution is -2.29. The summed E-state index contributed by atoms with van der Waals surface area (Å²) >= 11 is 0. The Labute approximate surface area is 221 Å². The van der Waals surface area contributed by atoms with E-state index in [9.17, 15) is 44.7 Å². The van der Waals surface area contributed by atoms with Gasteiger partial charge in [-0.05, 0) is 55.0 Å². The fraction of sp³-hybridized carbons (Fsp3) is 0.111. The molecule has 0 aliphatic heterocycles. The van der Waals surface area contributed by atoms with Gasteiger partial charge in [0.15, 0.2) is 46.5 Å². The van der Waals surface area contributed by atoms with Crippen LogP contribution in [0.1, 0.15) is 34.1 Å². The zero-order valence-electron chi connectivity index (χ0n) is 20.2. The first-order chi connectivity index (χ1) is 18.9. The predicted octanol–water partition coefficient (Wildman–Crippen LogP) is 6.70. The van der Waals surface area contributed by atoms with Gasteiger partial charge in [-0.25, -0.2) is 35.1 Å². The quantitative estimate of drug-likeness (QED) is 0.176. The van der Waals surface area contributed by atoms with Crippen LogP contribution in [-0.2, 0) is 0 Å². The Morgan fingerprint density at radius 1 is 0.650 bits per heavy atom. The van der Waals surface area contributed by atoms with E-state index in [2.05, 4.69) is 16.0 Å². The van der Waals surface area contributed by atoms with Gasteiger partial charge in [-0.1, -0.05) is 6.92 Å². The molecule has 0 heterocycles. The summed E-state index contributed by atoms with van der Waals surface area (Å²) in [4.78, 5) is 24.6. The molecule has 3 N–H and O–H groups in total. The fourth-order valence-corrected chi connectivity index (χ4v) is 3.82. The molecule has 2 amide bonds. The van der Waals surface area contributed by atoms with Gasteiger partial charge in [-0.15, -0.1) is 0 Å². The van der Waals surface area contributed by atoms with E-state index in [0.717, 1.165) is 0 Å². The van der Waals surface area contributed by atoms with Gasteiger partial charge < -0.3 is 16.0 Å². The number of hydrogen-bond donors (Lipinski definition) is 3. The molecule has 1 unspecified atom stereocenters. The number of amides is 2. The highest BCUT2D eigenvalue weighted by molar-refractivity contribution is 6.04. The molecular weight excluding hydrogens is 550 g/mol. The molecule has 1 aliphatic carbocycles. The van der Waals surface area contributed by atoms with Crippen LogP contribution >= 0.6 is 0 Å². The highest BCUT2D eigenvalue weighted by Crippen LogP contribution is 2.27. The van der Waals surface area contributed by atoms with Crippen molar-refractivity contribution in [2.45, 2.75) is 13.3 Å². The SMILES string of the molecule is CC1CC(Nc2ccc(NC(=O)c3cc(F)c(F)c(F)c3F)cc2)=CC=C1NC(=O)c1cc(F)c(F)c(F)c1F. The molecule has 40 heavy (non-hydrogen) atoms. The van der Waals surface area contributed by atoms with Gasteiger partial charge in [0.05, 0.1) is 11.1 Å². The van der Waals surface area contributed by atoms with E-state index in [1.807, 2.05) is 0 Å². The van der Waals surface area contributed by atoms with Crippen LogP contribution in [-0.4, -0.2) is 11.8 Å². The van der Waals surface area contributed by atoms with Crippen molar-refractivity contribution in [1.82, 2.24) is 5.32 Å². The van der Waals surface area contributed by atoms with Crippen LogP contribution in [0.3, 0.4) is 0 Å². The Bertz CT molecular complexity index is 1590. The maximum Gasteiger partial charge on any atom is 0.258 e. The molecule has 4 rings (SSSR count). The van der Waals surface area contributed by atoms with E-state index in [4.69, 9.17) is 0 Å². The lowest BCUT2D eigenvalue weighted by Gasteiger charge is -2.23. The molecule has 1 aliphatic rings. The minimum Gasteiger partial charge on any atom is -0.359 e. The molecule has 0 spiro atoms. The van der Waals surface area contributed by atoms with Crippen molar-refractivity contribution in [3.8, 4) is 0 Å². The van der Waals surface area contributed by atoms with Crippen molar-refractivity contribution in [1.29, 1.82) is 0 Å². The second kappa shape index (κ2) is 11.2. The molecule has 1 atom stereocenters. The second-order valence-corrected chi connectivity index (χ2v) is 8.73. The first kappa shape index (κ1) is 28.3. The summed E-state index contributed by atoms with van der Waals surface area (Å²) in [6.45, 7) is 1.71. The molecule has 0 fully saturated rings. The standard InChI is InChI=1S/C27H17F8N3O2/c1-11-8-14(6-7-19(11)38-27(40)16-10-18(29)23(33)25(35)21(16)31)36-12-2-4-13(5-3-12)37-26(39)15-9-17(28)22(32)24(34)20(15)30/h2-7,9-11,36H,8H2,1H3,(H,37,39)(H,38,40). The van der Waals surface area contributed by atoms with Gasteiger partial charge in [-0.3, -0.25) is 9.59 Å². The second-order valence-electron chi connectivity index (χ2n) is 8.73. The third kappa shape index (κ3) is 5.67. The Balaban J connectivity index is 1.41. The Kier molecular flexibility index (Phi) is 7.93. The number of carbonyl (C=O) groups is 2. The van der Waals surface area contributed by atoms with Crippen LogP contribution in [0.4, 0.5) is 46.5 Å². The molecule has 0 saturated heterocycles. The van der Waals surface area contributed by atoms with Crippen molar-refractivity contribution in [2.24, 2.45) is 5.92 Å². The summed E-state index contributed by atoms with van der Waals surface area (Å²) in [6.07, 6.45) is 3.39. The number of nitrogens with one attached hydrogen (secondary N) is 3. The Hall–Kier alpha value is -4.68. The van der Waals surface area contributed by atoms with Crippen molar-refractivity contribution in [2.75, 3.05) is 10.6 Å². The van der Waals surface area contributed by atoms with E-state index in [0.29, 0.717) is 23.5 Å². The summed E-state index contributed by atoms with van der Waals surface area (Å²) in [5, 5.41) is 7.68. The minimum absolute atomic E-state index is 0.136. The first-order valence-electron chi connectivity index (χ1n) is 11.4. The van der Waals surface area contributed by atoms with Crippen LogP contribution in [0, 0.1) is 52.5 Å². The number of hydrogen-bond acceptors (Lipinski definition) is 3. The van der Waals surface area contributed by atoms with Crippen LogP contribution in [0.5, 0.6) is 0 Å². The number of carbonyl (C=O) groups excluding carboxylic acids is 2. The van der Waals surface area contributed by atoms with Gasteiger partial charge in [0.25, 0.3) is 11.8 Å². The summed E-state index contributed by atoms with van der Waals surface area (Å²) in [5.41, 5.74) is -0.390. The molecule has 5 nitrogen and oxygen atoms in total. The normalized spacial score (nSPS) is 14.8. The average Bonchev–Trinajstić information content (AvgIpc) is 2.92. The molecular formula is C27H17F8N3O2. The average molecular weight is 567 g/mol. The lowest BCUT2D eigenvalue weighted by atomic mass is 9.95. The van der Waals surface area contributed by atoms with E-state index in [-0.39, 0.29) is 23.7 Å². The molecule has 3 aromatic rings. The van der Waals surface area contributed by atoms with Gasteiger partial charge in [0.1, 0.15) is 0 Å². The number of benzene rings is 3. The number of anilines is 2. The summed E-state index contributed by atoms with van der Waals surface area (Å²) in [7, 11) is 0. The van der Waals surface area contributed by atoms with E-state index in [1.54, 1.807) is 13.0 Å². The minimum atomic E-state index is -2.11. The number of rotatable bonds is 6. The van der Waals surface area contributed by atoms with Crippen LogP contribution in [0.15, 0.2) is 59.9 Å². The molecule has 0 bridgehead atoms. The summed E-state index contributed by atoms with van der Waals surface area (Å²) in [6, 6.07) is 6.34. The Morgan fingerprint density at radius 3 is 1.62 bits per heavy atom. The molecule has 0 radical (unpaired) electrons. The third-order valence-corrected chi connectivity index (χ3v) is 5.92. The van der Waals surface area contributed by atoms with Crippen LogP contribution < -0.4 is 16.0 Å². The smallest absolute Gasteiger partial charge is 0.258 e. The topological polar surface area (TPSA) is 70.2 Å². The molecule has 0 aromatic heterocycles. The van der Waals surface area contributed by atoms with Gasteiger partial charge in [-0.2, -0.15) is 0 Å². The number of halogens is 8. The maximum absolute atomic E-state index is 13.9. The van der Waals surface area contributed by atoms with Crippen LogP contribution in [0.25, 0.3) is 0 Å². The van der Waals surface area contributed by atoms with E-state index >= 15 is 0 Å². The fourth-order valence-electron chi connectivity index (χ4n) is 3.82. The van der Waals surface area contributed by atoms with Gasteiger partial charge in [0.2, 0.25) is 0 Å². The Morgan fingerprint density at radius 2 is 1.12 bits per heavy atom. The predicted molar refractivity (Wildman–Crippen MR) is 128 cm³/mol. The molecule has 208 valence electrons. The van der Waals surface area contributed by atoms with Crippen molar-refractivity contribution in [3.63, 3.8) is 0 Å². The number of allylic oxidation sites excluding steroid dienone is 4. The van der Waals surface area contributed by atoms with E-state index in [1.165, 1.54) is 30.3 Å². The van der Waals surface area contributed by atoms with Gasteiger partial charge >= 0.3 is 0 Å². The van der Waals surface area contributed by atoms with Gasteiger partial charge in [0, 0.05) is 28.7 Å². The highest BCUT2D eigenvalue weighted by Gasteiger charge is 2.26. The molecule has 3 aromatic carbocycles. The zero-order chi connectivity index (χ0) is 29.3. The molecule has 13 heteroatoms. The largest absolute Gasteiger partial charge is 0.359 e. The van der Waals surface area contributed by atoms with Crippen molar-refractivity contribution >= 4 is 23.2 Å². The lowest BCUT2D eigenvalue weighted by molar-refractivity contribution is 0.0954. The van der Waals surface area contributed by atoms with Crippen molar-refractivity contribution < 1.29 is 44.7 Å². The van der Waals surface area contributed by atoms with Crippen LogP contribution in [0.2, 0.25) is 0 Å². The first-order valence-corrected chi connectivity index (χ1v) is 11.4. The summed E-state index contributed by atoms with van der Waals surface area (Å²) in [5.74, 6) is -18.1. The third-order valence-electron chi connectivity index (χ3n) is 5.92. The highest BCUT2D eigenvalue weighted by atomic mass is 19.2. The van der Waals surface area contributed by atoms with E-state index < -0.39 is 69.5 Å². The summed E-state index contributed by atoms with van der Waals surface area (Å²) < 4.78 is 108. The zero-order valence-corrected chi connectivity index (χ0v) is 20.2.